The van der Waals surface area contributed by atoms with E-state index in [1.54, 1.807) is 26.5 Å². The van der Waals surface area contributed by atoms with Crippen molar-refractivity contribution in [3.63, 3.8) is 0 Å². The first kappa shape index (κ1) is 19.1. The molecule has 0 saturated heterocycles. The van der Waals surface area contributed by atoms with Gasteiger partial charge in [0.2, 0.25) is 17.7 Å². The Kier molecular flexibility index (Phi) is 5.04. The van der Waals surface area contributed by atoms with Crippen molar-refractivity contribution in [3.05, 3.63) is 24.2 Å². The number of aryl methyl sites for hydroxylation is 1. The molecule has 1 amide bonds. The average Bonchev–Trinajstić information content (AvgIpc) is 3.52. The van der Waals surface area contributed by atoms with Gasteiger partial charge in [-0.1, -0.05) is 0 Å². The fourth-order valence-electron chi connectivity index (χ4n) is 3.31. The van der Waals surface area contributed by atoms with Crippen LogP contribution in [0.5, 0.6) is 11.8 Å². The van der Waals surface area contributed by atoms with Crippen LogP contribution >= 0.6 is 0 Å². The molecule has 29 heavy (non-hydrogen) atoms. The number of hydrogen-bond acceptors (Lipinski definition) is 6. The van der Waals surface area contributed by atoms with Crippen molar-refractivity contribution in [1.82, 2.24) is 19.5 Å². The van der Waals surface area contributed by atoms with E-state index in [4.69, 9.17) is 9.47 Å². The maximum absolute atomic E-state index is 12.3. The van der Waals surface area contributed by atoms with E-state index in [-0.39, 0.29) is 7.85 Å². The topological polar surface area (TPSA) is 91.2 Å². The molecule has 3 aromatic rings. The Bertz CT molecular complexity index is 1060. The fourth-order valence-corrected chi connectivity index (χ4v) is 3.31. The SMILES string of the molecule is COc1nc(C2CC2)nc(OC)c1-c1cc2cc(NC(=O)CCF)ncc2n1C.[HH]. The number of rotatable bonds is 7. The number of nitrogens with one attached hydrogen (secondary N) is 1. The van der Waals surface area contributed by atoms with Crippen molar-refractivity contribution < 1.29 is 20.1 Å². The van der Waals surface area contributed by atoms with Crippen molar-refractivity contribution in [1.29, 1.82) is 0 Å². The molecular formula is C20H24FN5O3. The number of fused-ring (bicyclic) bond motifs is 1. The van der Waals surface area contributed by atoms with Crippen molar-refractivity contribution in [2.24, 2.45) is 7.05 Å². The lowest BCUT2D eigenvalue weighted by Gasteiger charge is -2.14. The molecule has 3 heterocycles. The van der Waals surface area contributed by atoms with Crippen LogP contribution in [0.15, 0.2) is 18.3 Å². The summed E-state index contributed by atoms with van der Waals surface area (Å²) >= 11 is 0. The molecule has 0 bridgehead atoms. The van der Waals surface area contributed by atoms with Crippen LogP contribution in [0.2, 0.25) is 0 Å². The number of methoxy groups -OCH3 is 2. The predicted molar refractivity (Wildman–Crippen MR) is 108 cm³/mol. The van der Waals surface area contributed by atoms with Crippen LogP contribution in [0.4, 0.5) is 10.2 Å². The largest absolute Gasteiger partial charge is 0.480 e. The van der Waals surface area contributed by atoms with E-state index < -0.39 is 12.6 Å². The van der Waals surface area contributed by atoms with E-state index in [1.165, 1.54) is 0 Å². The number of halogens is 1. The number of alkyl halides is 1. The molecule has 0 spiro atoms. The number of nitrogens with zero attached hydrogens (tertiary/aromatic N) is 4. The van der Waals surface area contributed by atoms with Crippen LogP contribution in [-0.2, 0) is 11.8 Å². The number of carbonyl (C=O) groups excluding carboxylic acids is 1. The highest BCUT2D eigenvalue weighted by Crippen LogP contribution is 2.43. The smallest absolute Gasteiger partial charge is 0.229 e. The molecule has 154 valence electrons. The quantitative estimate of drug-likeness (QED) is 0.652. The van der Waals surface area contributed by atoms with Crippen LogP contribution in [-0.4, -0.2) is 46.3 Å². The van der Waals surface area contributed by atoms with Gasteiger partial charge in [-0.25, -0.2) is 4.98 Å². The Morgan fingerprint density at radius 1 is 1.28 bits per heavy atom. The van der Waals surface area contributed by atoms with Gasteiger partial charge in [-0.15, -0.1) is 0 Å². The minimum Gasteiger partial charge on any atom is -0.480 e. The van der Waals surface area contributed by atoms with Gasteiger partial charge in [0.15, 0.2) is 0 Å². The summed E-state index contributed by atoms with van der Waals surface area (Å²) in [6.07, 6.45) is 3.60. The molecule has 4 rings (SSSR count). The summed E-state index contributed by atoms with van der Waals surface area (Å²) in [6, 6.07) is 3.68. The molecule has 0 aromatic carbocycles. The summed E-state index contributed by atoms with van der Waals surface area (Å²) in [4.78, 5) is 25.1. The minimum atomic E-state index is -0.708. The van der Waals surface area contributed by atoms with Gasteiger partial charge in [0.25, 0.3) is 0 Å². The van der Waals surface area contributed by atoms with Gasteiger partial charge in [-0.05, 0) is 25.0 Å². The second kappa shape index (κ2) is 7.65. The molecule has 0 atom stereocenters. The van der Waals surface area contributed by atoms with Crippen molar-refractivity contribution >= 4 is 22.6 Å². The van der Waals surface area contributed by atoms with Gasteiger partial charge in [0, 0.05) is 19.8 Å². The zero-order valence-corrected chi connectivity index (χ0v) is 16.5. The van der Waals surface area contributed by atoms with Crippen LogP contribution in [0.3, 0.4) is 0 Å². The number of pyridine rings is 1. The van der Waals surface area contributed by atoms with Crippen LogP contribution < -0.4 is 14.8 Å². The molecule has 0 radical (unpaired) electrons. The lowest BCUT2D eigenvalue weighted by Crippen LogP contribution is -2.12. The van der Waals surface area contributed by atoms with Gasteiger partial charge in [-0.2, -0.15) is 9.97 Å². The molecule has 9 heteroatoms. The number of amides is 1. The van der Waals surface area contributed by atoms with Crippen LogP contribution in [0, 0.1) is 0 Å². The van der Waals surface area contributed by atoms with E-state index in [0.29, 0.717) is 29.1 Å². The Balaban J connectivity index is 0.00000256. The molecule has 0 aliphatic heterocycles. The summed E-state index contributed by atoms with van der Waals surface area (Å²) in [5, 5.41) is 3.45. The zero-order valence-electron chi connectivity index (χ0n) is 16.5. The Morgan fingerprint density at radius 3 is 2.55 bits per heavy atom. The molecule has 8 nitrogen and oxygen atoms in total. The highest BCUT2D eigenvalue weighted by molar-refractivity contribution is 5.94. The molecule has 3 aromatic heterocycles. The Morgan fingerprint density at radius 2 is 1.97 bits per heavy atom. The lowest BCUT2D eigenvalue weighted by atomic mass is 10.2. The first-order chi connectivity index (χ1) is 14.0. The van der Waals surface area contributed by atoms with E-state index in [2.05, 4.69) is 20.3 Å². The molecule has 1 N–H and O–H groups in total. The summed E-state index contributed by atoms with van der Waals surface area (Å²) in [7, 11) is 5.05. The third-order valence-electron chi connectivity index (χ3n) is 4.96. The molecule has 1 saturated carbocycles. The summed E-state index contributed by atoms with van der Waals surface area (Å²) in [6.45, 7) is -0.708. The normalized spacial score (nSPS) is 13.5. The van der Waals surface area contributed by atoms with E-state index in [9.17, 15) is 9.18 Å². The fraction of sp³-hybridized carbons (Fsp3) is 0.400. The van der Waals surface area contributed by atoms with Gasteiger partial charge in [0.1, 0.15) is 17.2 Å². The second-order valence-corrected chi connectivity index (χ2v) is 6.95. The van der Waals surface area contributed by atoms with E-state index in [0.717, 1.165) is 35.3 Å². The summed E-state index contributed by atoms with van der Waals surface area (Å²) in [5.74, 6) is 1.96. The number of anilines is 1. The van der Waals surface area contributed by atoms with Gasteiger partial charge in [-0.3, -0.25) is 9.18 Å². The molecular weight excluding hydrogens is 377 g/mol. The van der Waals surface area contributed by atoms with Gasteiger partial charge < -0.3 is 19.4 Å². The number of aromatic nitrogens is 4. The Hall–Kier alpha value is -3.23. The Labute approximate surface area is 168 Å². The van der Waals surface area contributed by atoms with Crippen molar-refractivity contribution in [3.8, 4) is 23.0 Å². The van der Waals surface area contributed by atoms with Gasteiger partial charge >= 0.3 is 0 Å². The number of carbonyl (C=O) groups is 1. The average molecular weight is 401 g/mol. The zero-order chi connectivity index (χ0) is 20.5. The molecule has 1 fully saturated rings. The van der Waals surface area contributed by atoms with Gasteiger partial charge in [0.05, 0.1) is 44.7 Å². The highest BCUT2D eigenvalue weighted by Gasteiger charge is 2.30. The molecule has 0 unspecified atom stereocenters. The van der Waals surface area contributed by atoms with Crippen molar-refractivity contribution in [2.75, 3.05) is 26.2 Å². The number of hydrogen-bond donors (Lipinski definition) is 1. The van der Waals surface area contributed by atoms with Crippen molar-refractivity contribution in [2.45, 2.75) is 25.2 Å². The molecule has 1 aliphatic carbocycles. The minimum absolute atomic E-state index is 0. The standard InChI is InChI=1S/C20H22FN5O3.H2/c1-26-13(8-12-9-15(22-10-14(12)26)23-16(27)6-7-21)17-19(28-2)24-18(11-4-5-11)25-20(17)29-3;/h8-11H,4-7H2,1-3H3,(H,22,23,27);1H. The van der Waals surface area contributed by atoms with Crippen LogP contribution in [0.25, 0.3) is 22.2 Å². The summed E-state index contributed by atoms with van der Waals surface area (Å²) < 4.78 is 25.4. The lowest BCUT2D eigenvalue weighted by molar-refractivity contribution is -0.116. The molecule has 1 aliphatic rings. The third kappa shape index (κ3) is 3.59. The van der Waals surface area contributed by atoms with E-state index >= 15 is 0 Å². The number of ether oxygens (including phenoxy) is 2. The maximum atomic E-state index is 12.3. The maximum Gasteiger partial charge on any atom is 0.229 e. The highest BCUT2D eigenvalue weighted by atomic mass is 19.1. The monoisotopic (exact) mass is 401 g/mol. The third-order valence-corrected chi connectivity index (χ3v) is 4.96. The predicted octanol–water partition coefficient (Wildman–Crippen LogP) is 3.47. The van der Waals surface area contributed by atoms with Crippen LogP contribution in [0.1, 0.15) is 32.4 Å². The van der Waals surface area contributed by atoms with E-state index in [1.807, 2.05) is 17.7 Å². The first-order valence-electron chi connectivity index (χ1n) is 9.37. The first-order valence-corrected chi connectivity index (χ1v) is 9.37. The second-order valence-electron chi connectivity index (χ2n) is 6.95. The summed E-state index contributed by atoms with van der Waals surface area (Å²) in [5.41, 5.74) is 2.30.